The minimum atomic E-state index is -4.29. The summed E-state index contributed by atoms with van der Waals surface area (Å²) in [5, 5.41) is 3.25. The summed E-state index contributed by atoms with van der Waals surface area (Å²) >= 11 is 6.07. The maximum absolute atomic E-state index is 14.6. The molecule has 0 heterocycles. The van der Waals surface area contributed by atoms with E-state index >= 15 is 0 Å². The van der Waals surface area contributed by atoms with Crippen LogP contribution in [0.2, 0.25) is 5.02 Å². The fourth-order valence-corrected chi connectivity index (χ4v) is 6.56. The number of benzene rings is 4. The minimum Gasteiger partial charge on any atom is -0.492 e. The van der Waals surface area contributed by atoms with Crippen LogP contribution in [0.5, 0.6) is 5.75 Å². The maximum atomic E-state index is 14.6. The van der Waals surface area contributed by atoms with E-state index in [0.29, 0.717) is 17.3 Å². The fraction of sp³-hybridized carbons (Fsp3) is 0.257. The maximum Gasteiger partial charge on any atom is 0.264 e. The molecule has 0 spiro atoms. The van der Waals surface area contributed by atoms with E-state index in [4.69, 9.17) is 16.3 Å². The number of carbonyl (C=O) groups is 2. The lowest BCUT2D eigenvalue weighted by Gasteiger charge is -2.34. The van der Waals surface area contributed by atoms with Gasteiger partial charge in [-0.05, 0) is 73.9 Å². The molecule has 4 aromatic rings. The van der Waals surface area contributed by atoms with Crippen LogP contribution in [0, 0.1) is 6.92 Å². The molecule has 1 unspecified atom stereocenters. The summed E-state index contributed by atoms with van der Waals surface area (Å²) in [5.41, 5.74) is 2.85. The zero-order valence-electron chi connectivity index (χ0n) is 25.6. The Morgan fingerprint density at radius 1 is 0.867 bits per heavy atom. The standard InChI is InChI=1S/C35H38ClN3O5S/c1-4-37-35(41)32(23-27-14-7-6-8-15-27)38(24-28-16-10-9-13-26(28)3)34(40)25-39(31-17-11-12-18-33(31)44-5-2)45(42,43)30-21-19-29(36)20-22-30/h6-22,32H,4-5,23-25H2,1-3H3,(H,37,41). The zero-order valence-corrected chi connectivity index (χ0v) is 27.2. The topological polar surface area (TPSA) is 96.0 Å². The molecule has 0 fully saturated rings. The molecule has 0 radical (unpaired) electrons. The molecular formula is C35H38ClN3O5S. The van der Waals surface area contributed by atoms with Crippen molar-refractivity contribution in [1.29, 1.82) is 0 Å². The van der Waals surface area contributed by atoms with Gasteiger partial charge in [-0.15, -0.1) is 0 Å². The second-order valence-electron chi connectivity index (χ2n) is 10.4. The van der Waals surface area contributed by atoms with E-state index in [0.717, 1.165) is 21.0 Å². The Morgan fingerprint density at radius 2 is 1.51 bits per heavy atom. The highest BCUT2D eigenvalue weighted by atomic mass is 35.5. The van der Waals surface area contributed by atoms with Crippen molar-refractivity contribution in [3.8, 4) is 5.75 Å². The number of halogens is 1. The number of carbonyl (C=O) groups excluding carboxylic acids is 2. The Hall–Kier alpha value is -4.34. The highest BCUT2D eigenvalue weighted by molar-refractivity contribution is 7.92. The van der Waals surface area contributed by atoms with Gasteiger partial charge in [-0.1, -0.05) is 78.3 Å². The van der Waals surface area contributed by atoms with E-state index in [1.165, 1.54) is 29.2 Å². The summed E-state index contributed by atoms with van der Waals surface area (Å²) in [6.45, 7) is 5.73. The summed E-state index contributed by atoms with van der Waals surface area (Å²) in [6.07, 6.45) is 0.240. The second-order valence-corrected chi connectivity index (χ2v) is 12.7. The van der Waals surface area contributed by atoms with Gasteiger partial charge in [-0.2, -0.15) is 0 Å². The monoisotopic (exact) mass is 647 g/mol. The highest BCUT2D eigenvalue weighted by Gasteiger charge is 2.35. The lowest BCUT2D eigenvalue weighted by Crippen LogP contribution is -2.53. The molecule has 0 aliphatic rings. The number of hydrogen-bond donors (Lipinski definition) is 1. The van der Waals surface area contributed by atoms with E-state index in [1.54, 1.807) is 31.2 Å². The van der Waals surface area contributed by atoms with Gasteiger partial charge in [0.05, 0.1) is 17.2 Å². The van der Waals surface area contributed by atoms with Crippen LogP contribution in [0.1, 0.15) is 30.5 Å². The number of rotatable bonds is 14. The predicted octanol–water partition coefficient (Wildman–Crippen LogP) is 6.02. The molecule has 45 heavy (non-hydrogen) atoms. The van der Waals surface area contributed by atoms with E-state index in [1.807, 2.05) is 68.4 Å². The zero-order chi connectivity index (χ0) is 32.4. The van der Waals surface area contributed by atoms with Crippen LogP contribution < -0.4 is 14.4 Å². The molecule has 8 nitrogen and oxygen atoms in total. The Morgan fingerprint density at radius 3 is 2.18 bits per heavy atom. The van der Waals surface area contributed by atoms with Crippen LogP contribution in [0.4, 0.5) is 5.69 Å². The van der Waals surface area contributed by atoms with Crippen molar-refractivity contribution in [2.75, 3.05) is 24.0 Å². The van der Waals surface area contributed by atoms with Crippen LogP contribution in [0.25, 0.3) is 0 Å². The number of ether oxygens (including phenoxy) is 1. The van der Waals surface area contributed by atoms with Crippen molar-refractivity contribution in [3.63, 3.8) is 0 Å². The molecule has 0 aliphatic carbocycles. The Bertz CT molecular complexity index is 1700. The molecule has 4 aromatic carbocycles. The van der Waals surface area contributed by atoms with Crippen molar-refractivity contribution < 1.29 is 22.7 Å². The van der Waals surface area contributed by atoms with Crippen LogP contribution in [-0.4, -0.2) is 50.9 Å². The van der Waals surface area contributed by atoms with Crippen LogP contribution >= 0.6 is 11.6 Å². The number of amides is 2. The Kier molecular flexibility index (Phi) is 11.6. The Balaban J connectivity index is 1.84. The number of nitrogens with zero attached hydrogens (tertiary/aromatic N) is 2. The molecule has 1 N–H and O–H groups in total. The van der Waals surface area contributed by atoms with Crippen molar-refractivity contribution in [2.45, 2.75) is 44.7 Å². The average Bonchev–Trinajstić information content (AvgIpc) is 3.03. The first-order chi connectivity index (χ1) is 21.6. The molecule has 236 valence electrons. The molecule has 0 saturated carbocycles. The summed E-state index contributed by atoms with van der Waals surface area (Å²) in [5.74, 6) is -0.570. The van der Waals surface area contributed by atoms with Crippen molar-refractivity contribution in [2.24, 2.45) is 0 Å². The highest BCUT2D eigenvalue weighted by Crippen LogP contribution is 2.33. The second kappa shape index (κ2) is 15.6. The quantitative estimate of drug-likeness (QED) is 0.181. The molecule has 1 atom stereocenters. The third-order valence-electron chi connectivity index (χ3n) is 7.34. The van der Waals surface area contributed by atoms with Gasteiger partial charge < -0.3 is 15.0 Å². The van der Waals surface area contributed by atoms with Crippen LogP contribution in [-0.2, 0) is 32.6 Å². The van der Waals surface area contributed by atoms with Gasteiger partial charge in [0, 0.05) is 24.5 Å². The van der Waals surface area contributed by atoms with Crippen molar-refractivity contribution >= 4 is 39.1 Å². The molecule has 10 heteroatoms. The van der Waals surface area contributed by atoms with Crippen molar-refractivity contribution in [1.82, 2.24) is 10.2 Å². The van der Waals surface area contributed by atoms with E-state index < -0.39 is 28.5 Å². The number of likely N-dealkylation sites (N-methyl/N-ethyl adjacent to an activating group) is 1. The van der Waals surface area contributed by atoms with Gasteiger partial charge in [0.25, 0.3) is 10.0 Å². The predicted molar refractivity (Wildman–Crippen MR) is 178 cm³/mol. The lowest BCUT2D eigenvalue weighted by atomic mass is 10.0. The van der Waals surface area contributed by atoms with Gasteiger partial charge in [0.15, 0.2) is 0 Å². The number of anilines is 1. The third kappa shape index (κ3) is 8.44. The van der Waals surface area contributed by atoms with Crippen molar-refractivity contribution in [3.05, 3.63) is 125 Å². The average molecular weight is 648 g/mol. The van der Waals surface area contributed by atoms with Crippen LogP contribution in [0.15, 0.2) is 108 Å². The molecule has 0 aromatic heterocycles. The molecule has 0 aliphatic heterocycles. The largest absolute Gasteiger partial charge is 0.492 e. The molecule has 2 amide bonds. The minimum absolute atomic E-state index is 0.0407. The van der Waals surface area contributed by atoms with Gasteiger partial charge in [0.1, 0.15) is 18.3 Å². The number of aryl methyl sites for hydroxylation is 1. The van der Waals surface area contributed by atoms with E-state index in [9.17, 15) is 18.0 Å². The third-order valence-corrected chi connectivity index (χ3v) is 9.36. The van der Waals surface area contributed by atoms with Gasteiger partial charge in [-0.3, -0.25) is 13.9 Å². The normalized spacial score (nSPS) is 11.8. The first kappa shape index (κ1) is 33.6. The van der Waals surface area contributed by atoms with Crippen LogP contribution in [0.3, 0.4) is 0 Å². The van der Waals surface area contributed by atoms with Gasteiger partial charge >= 0.3 is 0 Å². The number of hydrogen-bond acceptors (Lipinski definition) is 5. The molecule has 0 saturated heterocycles. The summed E-state index contributed by atoms with van der Waals surface area (Å²) < 4.78 is 35.3. The smallest absolute Gasteiger partial charge is 0.264 e. The van der Waals surface area contributed by atoms with E-state index in [-0.39, 0.29) is 36.1 Å². The number of nitrogens with one attached hydrogen (secondary N) is 1. The van der Waals surface area contributed by atoms with Gasteiger partial charge in [0.2, 0.25) is 11.8 Å². The summed E-state index contributed by atoms with van der Waals surface area (Å²) in [7, 11) is -4.29. The molecular weight excluding hydrogens is 610 g/mol. The lowest BCUT2D eigenvalue weighted by molar-refractivity contribution is -0.140. The molecule has 4 rings (SSSR count). The molecule has 0 bridgehead atoms. The Labute approximate surface area is 270 Å². The first-order valence-corrected chi connectivity index (χ1v) is 16.6. The van der Waals surface area contributed by atoms with E-state index in [2.05, 4.69) is 5.32 Å². The van der Waals surface area contributed by atoms with Gasteiger partial charge in [-0.25, -0.2) is 8.42 Å². The first-order valence-electron chi connectivity index (χ1n) is 14.8. The number of para-hydroxylation sites is 2. The summed E-state index contributed by atoms with van der Waals surface area (Å²) in [4.78, 5) is 29.6. The summed E-state index contributed by atoms with van der Waals surface area (Å²) in [6, 6.07) is 28.6. The SMILES string of the molecule is CCNC(=O)C(Cc1ccccc1)N(Cc1ccccc1C)C(=O)CN(c1ccccc1OCC)S(=O)(=O)c1ccc(Cl)cc1. The fourth-order valence-electron chi connectivity index (χ4n) is 5.00. The number of sulfonamides is 1.